The van der Waals surface area contributed by atoms with Gasteiger partial charge in [-0.05, 0) is 91.5 Å². The van der Waals surface area contributed by atoms with E-state index in [0.717, 1.165) is 46.6 Å². The number of aryl methyl sites for hydroxylation is 1. The van der Waals surface area contributed by atoms with E-state index in [1.54, 1.807) is 0 Å². The Labute approximate surface area is 241 Å². The van der Waals surface area contributed by atoms with Crippen LogP contribution in [0.1, 0.15) is 49.3 Å². The summed E-state index contributed by atoms with van der Waals surface area (Å²) in [7, 11) is 0. The van der Waals surface area contributed by atoms with E-state index >= 15 is 0 Å². The number of piperidine rings is 1. The third kappa shape index (κ3) is 4.92. The van der Waals surface area contributed by atoms with Gasteiger partial charge in [-0.1, -0.05) is 49.7 Å². The summed E-state index contributed by atoms with van der Waals surface area (Å²) in [5.41, 5.74) is 6.51. The smallest absolute Gasteiger partial charge is 0.174 e. The Morgan fingerprint density at radius 2 is 1.69 bits per heavy atom. The molecule has 5 nitrogen and oxygen atoms in total. The Balaban J connectivity index is 1.43. The van der Waals surface area contributed by atoms with Crippen LogP contribution in [0.3, 0.4) is 0 Å². The molecule has 6 rings (SSSR count). The molecule has 2 aromatic carbocycles. The first-order chi connectivity index (χ1) is 18.9. The van der Waals surface area contributed by atoms with Gasteiger partial charge in [-0.15, -0.1) is 0 Å². The molecule has 0 saturated carbocycles. The molecule has 0 bridgehead atoms. The maximum absolute atomic E-state index is 7.01. The summed E-state index contributed by atoms with van der Waals surface area (Å²) in [6.45, 7) is 8.85. The van der Waals surface area contributed by atoms with Crippen LogP contribution in [0.15, 0.2) is 85.2 Å². The predicted octanol–water partition coefficient (Wildman–Crippen LogP) is 7.49. The van der Waals surface area contributed by atoms with E-state index in [2.05, 4.69) is 107 Å². The second-order valence-corrected chi connectivity index (χ2v) is 11.9. The van der Waals surface area contributed by atoms with Crippen molar-refractivity contribution in [1.82, 2.24) is 14.9 Å². The summed E-state index contributed by atoms with van der Waals surface area (Å²) >= 11 is 13.0. The predicted molar refractivity (Wildman–Crippen MR) is 165 cm³/mol. The van der Waals surface area contributed by atoms with Crippen LogP contribution in [0.2, 0.25) is 5.02 Å². The first-order valence-electron chi connectivity index (χ1n) is 13.7. The second-order valence-electron chi connectivity index (χ2n) is 11.1. The van der Waals surface area contributed by atoms with Crippen molar-refractivity contribution in [2.75, 3.05) is 22.9 Å². The molecule has 1 N–H and O–H groups in total. The van der Waals surface area contributed by atoms with E-state index < -0.39 is 0 Å². The zero-order valence-corrected chi connectivity index (χ0v) is 24.2. The molecule has 0 radical (unpaired) electrons. The zero-order valence-electron chi connectivity index (χ0n) is 22.6. The van der Waals surface area contributed by atoms with Crippen LogP contribution >= 0.6 is 23.8 Å². The lowest BCUT2D eigenvalue weighted by molar-refractivity contribution is 0.357. The molecule has 2 aromatic heterocycles. The van der Waals surface area contributed by atoms with Crippen molar-refractivity contribution >= 4 is 40.3 Å². The summed E-state index contributed by atoms with van der Waals surface area (Å²) in [5, 5.41) is 5.01. The van der Waals surface area contributed by atoms with Crippen LogP contribution in [-0.4, -0.2) is 27.8 Å². The molecule has 0 amide bonds. The molecule has 200 valence electrons. The van der Waals surface area contributed by atoms with E-state index in [1.807, 2.05) is 18.3 Å². The molecule has 4 atom stereocenters. The van der Waals surface area contributed by atoms with Gasteiger partial charge in [0.1, 0.15) is 6.04 Å². The minimum atomic E-state index is -0.126. The normalized spacial score (nSPS) is 23.2. The van der Waals surface area contributed by atoms with E-state index in [4.69, 9.17) is 28.8 Å². The molecule has 7 heteroatoms. The average Bonchev–Trinajstić information content (AvgIpc) is 3.53. The van der Waals surface area contributed by atoms with Gasteiger partial charge in [0.25, 0.3) is 0 Å². The molecular weight excluding hydrogens is 522 g/mol. The maximum atomic E-state index is 7.01. The first-order valence-corrected chi connectivity index (χ1v) is 14.5. The van der Waals surface area contributed by atoms with Gasteiger partial charge in [-0.25, -0.2) is 0 Å². The number of rotatable bonds is 5. The van der Waals surface area contributed by atoms with Crippen molar-refractivity contribution in [2.24, 2.45) is 11.8 Å². The van der Waals surface area contributed by atoms with E-state index in [9.17, 15) is 0 Å². The number of halogens is 1. The summed E-state index contributed by atoms with van der Waals surface area (Å²) < 4.78 is 2.27. The largest absolute Gasteiger partial charge is 0.370 e. The standard InChI is InChI=1S/C32H34ClN5S/c1-21-17-22(2)20-36(19-21)28-14-13-24(18-25(28)33)38-31(30(35-32(38)39)26-10-6-7-15-34-26)29-12-8-16-37(29)27-11-5-4-9-23(27)3/h4-16,18,21-22,30-31H,17,19-20H2,1-3H3,(H,35,39)/t21-,22-,30+,31-/m1/s1. The number of benzene rings is 2. The number of nitrogens with zero attached hydrogens (tertiary/aromatic N) is 4. The molecule has 4 heterocycles. The first kappa shape index (κ1) is 25.9. The number of thiocarbonyl (C=S) groups is 1. The second kappa shape index (κ2) is 10.7. The van der Waals surface area contributed by atoms with Crippen molar-refractivity contribution in [2.45, 2.75) is 39.3 Å². The lowest BCUT2D eigenvalue weighted by Gasteiger charge is -2.37. The quantitative estimate of drug-likeness (QED) is 0.258. The van der Waals surface area contributed by atoms with Gasteiger partial charge in [0.05, 0.1) is 22.4 Å². The Bertz CT molecular complexity index is 1470. The van der Waals surface area contributed by atoms with Gasteiger partial charge in [0.2, 0.25) is 0 Å². The summed E-state index contributed by atoms with van der Waals surface area (Å²) in [5.74, 6) is 1.30. The number of anilines is 2. The molecule has 2 aliphatic heterocycles. The third-order valence-electron chi connectivity index (χ3n) is 7.98. The highest BCUT2D eigenvalue weighted by molar-refractivity contribution is 7.80. The van der Waals surface area contributed by atoms with Crippen LogP contribution in [0.4, 0.5) is 11.4 Å². The number of nitrogens with one attached hydrogen (secondary N) is 1. The number of hydrogen-bond acceptors (Lipinski definition) is 3. The zero-order chi connectivity index (χ0) is 27.1. The van der Waals surface area contributed by atoms with Crippen LogP contribution in [0.5, 0.6) is 0 Å². The number of hydrogen-bond donors (Lipinski definition) is 1. The van der Waals surface area contributed by atoms with Gasteiger partial charge in [-0.2, -0.15) is 0 Å². The molecule has 0 spiro atoms. The fourth-order valence-electron chi connectivity index (χ4n) is 6.38. The van der Waals surface area contributed by atoms with Gasteiger partial charge in [0.15, 0.2) is 5.11 Å². The summed E-state index contributed by atoms with van der Waals surface area (Å²) in [4.78, 5) is 9.36. The van der Waals surface area contributed by atoms with Gasteiger partial charge in [-0.3, -0.25) is 4.98 Å². The van der Waals surface area contributed by atoms with Gasteiger partial charge < -0.3 is 19.7 Å². The molecule has 2 saturated heterocycles. The molecule has 39 heavy (non-hydrogen) atoms. The highest BCUT2D eigenvalue weighted by Gasteiger charge is 2.42. The van der Waals surface area contributed by atoms with E-state index in [-0.39, 0.29) is 12.1 Å². The molecule has 2 fully saturated rings. The van der Waals surface area contributed by atoms with E-state index in [0.29, 0.717) is 16.9 Å². The van der Waals surface area contributed by atoms with Gasteiger partial charge >= 0.3 is 0 Å². The monoisotopic (exact) mass is 555 g/mol. The fourth-order valence-corrected chi connectivity index (χ4v) is 7.02. The molecule has 0 unspecified atom stereocenters. The lowest BCUT2D eigenvalue weighted by atomic mass is 9.91. The molecular formula is C32H34ClN5S. The van der Waals surface area contributed by atoms with Crippen LogP contribution < -0.4 is 15.1 Å². The third-order valence-corrected chi connectivity index (χ3v) is 8.59. The van der Waals surface area contributed by atoms with Gasteiger partial charge in [0, 0.05) is 42.6 Å². The maximum Gasteiger partial charge on any atom is 0.174 e. The highest BCUT2D eigenvalue weighted by atomic mass is 35.5. The topological polar surface area (TPSA) is 36.3 Å². The van der Waals surface area contributed by atoms with Crippen molar-refractivity contribution < 1.29 is 0 Å². The number of para-hydroxylation sites is 1. The summed E-state index contributed by atoms with van der Waals surface area (Å²) in [6, 6.07) is 24.9. The van der Waals surface area contributed by atoms with E-state index in [1.165, 1.54) is 12.0 Å². The van der Waals surface area contributed by atoms with Crippen LogP contribution in [0.25, 0.3) is 5.69 Å². The highest BCUT2D eigenvalue weighted by Crippen LogP contribution is 2.44. The average molecular weight is 556 g/mol. The lowest BCUT2D eigenvalue weighted by Crippen LogP contribution is -2.38. The fraction of sp³-hybridized carbons (Fsp3) is 0.312. The van der Waals surface area contributed by atoms with Crippen LogP contribution in [0, 0.1) is 18.8 Å². The molecule has 2 aliphatic rings. The molecule has 4 aromatic rings. The Morgan fingerprint density at radius 1 is 0.923 bits per heavy atom. The Morgan fingerprint density at radius 3 is 2.41 bits per heavy atom. The number of pyridine rings is 1. The van der Waals surface area contributed by atoms with Crippen molar-refractivity contribution in [3.63, 3.8) is 0 Å². The van der Waals surface area contributed by atoms with Crippen LogP contribution in [-0.2, 0) is 0 Å². The Kier molecular flexibility index (Phi) is 7.08. The van der Waals surface area contributed by atoms with Crippen molar-refractivity contribution in [1.29, 1.82) is 0 Å². The van der Waals surface area contributed by atoms with Crippen molar-refractivity contribution in [3.05, 3.63) is 107 Å². The number of aromatic nitrogens is 2. The Hall–Kier alpha value is -3.35. The summed E-state index contributed by atoms with van der Waals surface area (Å²) in [6.07, 6.45) is 5.23. The minimum absolute atomic E-state index is 0.126. The molecule has 0 aliphatic carbocycles. The SMILES string of the molecule is Cc1ccccc1-n1cccc1[C@@H]1[C@H](c2ccccn2)NC(=S)N1c1ccc(N2C[C@H](C)C[C@@H](C)C2)c(Cl)c1. The van der Waals surface area contributed by atoms with Crippen molar-refractivity contribution in [3.8, 4) is 5.69 Å². The minimum Gasteiger partial charge on any atom is -0.370 e.